The highest BCUT2D eigenvalue weighted by Crippen LogP contribution is 2.45. The smallest absolute Gasteiger partial charge is 0.410 e. The molecule has 3 aromatic rings. The molecule has 0 unspecified atom stereocenters. The molecule has 1 saturated carbocycles. The molecule has 0 aromatic carbocycles. The van der Waals surface area contributed by atoms with Crippen LogP contribution in [0.4, 0.5) is 15.0 Å². The second-order valence-corrected chi connectivity index (χ2v) is 10.2. The molecule has 1 aliphatic heterocycles. The standard InChI is InChI=1S/C26H32FN5O3/c1-5-34-22-11-24-28-12-21(32(24)13-17(22)16-9-10-16)19-7-6-8-23(29-19)30-20-15-31(14-18(20)27)25(33)35-26(2,3)4/h6-8,11-13,16,18,20H,5,9-10,14-15H2,1-4H3,(H,29,30)/t18-,20-/m0/s1. The maximum atomic E-state index is 14.8. The van der Waals surface area contributed by atoms with Gasteiger partial charge in [-0.2, -0.15) is 0 Å². The van der Waals surface area contributed by atoms with Gasteiger partial charge in [-0.15, -0.1) is 0 Å². The molecule has 186 valence electrons. The van der Waals surface area contributed by atoms with Crippen LogP contribution in [0.5, 0.6) is 5.75 Å². The Bertz CT molecular complexity index is 1230. The first kappa shape index (κ1) is 23.4. The lowest BCUT2D eigenvalue weighted by atomic mass is 10.1. The third-order valence-corrected chi connectivity index (χ3v) is 6.20. The molecule has 2 aliphatic rings. The van der Waals surface area contributed by atoms with Crippen molar-refractivity contribution < 1.29 is 18.7 Å². The van der Waals surface area contributed by atoms with Gasteiger partial charge in [0.2, 0.25) is 0 Å². The lowest BCUT2D eigenvalue weighted by molar-refractivity contribution is 0.0283. The van der Waals surface area contributed by atoms with E-state index in [0.29, 0.717) is 18.3 Å². The first-order chi connectivity index (χ1) is 16.7. The number of hydrogen-bond acceptors (Lipinski definition) is 6. The Labute approximate surface area is 204 Å². The zero-order chi connectivity index (χ0) is 24.7. The van der Waals surface area contributed by atoms with Crippen molar-refractivity contribution >= 4 is 17.6 Å². The lowest BCUT2D eigenvalue weighted by Gasteiger charge is -2.24. The summed E-state index contributed by atoms with van der Waals surface area (Å²) in [6.45, 7) is 8.19. The van der Waals surface area contributed by atoms with Crippen molar-refractivity contribution in [2.24, 2.45) is 0 Å². The summed E-state index contributed by atoms with van der Waals surface area (Å²) < 4.78 is 28.1. The highest BCUT2D eigenvalue weighted by atomic mass is 19.1. The molecule has 8 nitrogen and oxygen atoms in total. The normalized spacial score (nSPS) is 20.3. The molecule has 1 N–H and O–H groups in total. The third-order valence-electron chi connectivity index (χ3n) is 6.20. The largest absolute Gasteiger partial charge is 0.493 e. The molecule has 1 saturated heterocycles. The Hall–Kier alpha value is -3.36. The fourth-order valence-corrected chi connectivity index (χ4v) is 4.42. The predicted molar refractivity (Wildman–Crippen MR) is 132 cm³/mol. The summed E-state index contributed by atoms with van der Waals surface area (Å²) in [5, 5.41) is 3.17. The number of carbonyl (C=O) groups is 1. The highest BCUT2D eigenvalue weighted by Gasteiger charge is 2.37. The van der Waals surface area contributed by atoms with Crippen molar-refractivity contribution in [2.75, 3.05) is 25.0 Å². The van der Waals surface area contributed by atoms with Crippen LogP contribution in [0, 0.1) is 0 Å². The third kappa shape index (κ3) is 5.04. The number of nitrogens with one attached hydrogen (secondary N) is 1. The van der Waals surface area contributed by atoms with Crippen molar-refractivity contribution in [1.29, 1.82) is 0 Å². The number of halogens is 1. The van der Waals surface area contributed by atoms with E-state index < -0.39 is 23.9 Å². The number of likely N-dealkylation sites (tertiary alicyclic amines) is 1. The lowest BCUT2D eigenvalue weighted by Crippen LogP contribution is -2.36. The van der Waals surface area contributed by atoms with Gasteiger partial charge in [0.25, 0.3) is 0 Å². The molecule has 35 heavy (non-hydrogen) atoms. The number of rotatable bonds is 6. The van der Waals surface area contributed by atoms with E-state index >= 15 is 0 Å². The van der Waals surface area contributed by atoms with E-state index in [9.17, 15) is 9.18 Å². The Kier molecular flexibility index (Phi) is 6.02. The number of pyridine rings is 2. The van der Waals surface area contributed by atoms with Crippen LogP contribution in [0.15, 0.2) is 36.7 Å². The van der Waals surface area contributed by atoms with Gasteiger partial charge < -0.3 is 19.7 Å². The molecule has 1 aliphatic carbocycles. The monoisotopic (exact) mass is 481 g/mol. The Morgan fingerprint density at radius 2 is 2.06 bits per heavy atom. The van der Waals surface area contributed by atoms with Gasteiger partial charge in [0, 0.05) is 24.4 Å². The van der Waals surface area contributed by atoms with Crippen molar-refractivity contribution in [3.05, 3.63) is 42.2 Å². The molecule has 1 amide bonds. The number of imidazole rings is 1. The van der Waals surface area contributed by atoms with Gasteiger partial charge in [-0.3, -0.25) is 4.40 Å². The van der Waals surface area contributed by atoms with Gasteiger partial charge in [-0.1, -0.05) is 6.07 Å². The second kappa shape index (κ2) is 9.02. The van der Waals surface area contributed by atoms with Gasteiger partial charge in [0.15, 0.2) is 0 Å². The minimum Gasteiger partial charge on any atom is -0.493 e. The molecule has 3 aromatic heterocycles. The van der Waals surface area contributed by atoms with Gasteiger partial charge in [0.05, 0.1) is 36.8 Å². The van der Waals surface area contributed by atoms with E-state index in [1.54, 1.807) is 33.0 Å². The molecule has 9 heteroatoms. The van der Waals surface area contributed by atoms with Crippen LogP contribution in [-0.2, 0) is 4.74 Å². The van der Waals surface area contributed by atoms with Crippen molar-refractivity contribution in [3.8, 4) is 17.1 Å². The molecule has 5 rings (SSSR count). The first-order valence-corrected chi connectivity index (χ1v) is 12.2. The summed E-state index contributed by atoms with van der Waals surface area (Å²) in [5.41, 5.74) is 2.95. The molecule has 2 fully saturated rings. The summed E-state index contributed by atoms with van der Waals surface area (Å²) in [6, 6.07) is 7.02. The molecule has 0 spiro atoms. The van der Waals surface area contributed by atoms with Gasteiger partial charge in [0.1, 0.15) is 29.0 Å². The number of amides is 1. The number of anilines is 1. The van der Waals surface area contributed by atoms with E-state index in [2.05, 4.69) is 16.5 Å². The molecule has 0 radical (unpaired) electrons. The van der Waals surface area contributed by atoms with Crippen LogP contribution in [0.1, 0.15) is 52.0 Å². The zero-order valence-electron chi connectivity index (χ0n) is 20.6. The van der Waals surface area contributed by atoms with Gasteiger partial charge >= 0.3 is 6.09 Å². The fraction of sp³-hybridized carbons (Fsp3) is 0.500. The number of aromatic nitrogens is 3. The van der Waals surface area contributed by atoms with E-state index in [1.807, 2.05) is 29.5 Å². The summed E-state index contributed by atoms with van der Waals surface area (Å²) in [4.78, 5) is 23.1. The van der Waals surface area contributed by atoms with E-state index in [4.69, 9.17) is 14.5 Å². The van der Waals surface area contributed by atoms with Gasteiger partial charge in [-0.25, -0.2) is 19.2 Å². The molecular formula is C26H32FN5O3. The van der Waals surface area contributed by atoms with Gasteiger partial charge in [-0.05, 0) is 58.6 Å². The van der Waals surface area contributed by atoms with Crippen molar-refractivity contribution in [3.63, 3.8) is 0 Å². The average Bonchev–Trinajstić information content (AvgIpc) is 3.46. The van der Waals surface area contributed by atoms with Crippen molar-refractivity contribution in [1.82, 2.24) is 19.3 Å². The predicted octanol–water partition coefficient (Wildman–Crippen LogP) is 5.04. The average molecular weight is 482 g/mol. The SMILES string of the molecule is CCOc1cc2ncc(-c3cccc(N[C@H]4CN(C(=O)OC(C)(C)C)C[C@@H]4F)n3)n2cc1C1CC1. The summed E-state index contributed by atoms with van der Waals surface area (Å²) >= 11 is 0. The van der Waals surface area contributed by atoms with Crippen LogP contribution in [-0.4, -0.2) is 62.9 Å². The van der Waals surface area contributed by atoms with Crippen LogP contribution in [0.25, 0.3) is 17.0 Å². The Balaban J connectivity index is 1.36. The number of nitrogens with zero attached hydrogens (tertiary/aromatic N) is 4. The first-order valence-electron chi connectivity index (χ1n) is 12.2. The molecular weight excluding hydrogens is 449 g/mol. The maximum Gasteiger partial charge on any atom is 0.410 e. The number of fused-ring (bicyclic) bond motifs is 1. The number of alkyl halides is 1. The molecule has 2 atom stereocenters. The highest BCUT2D eigenvalue weighted by molar-refractivity contribution is 5.69. The Morgan fingerprint density at radius 1 is 1.26 bits per heavy atom. The minimum absolute atomic E-state index is 0.00830. The topological polar surface area (TPSA) is 81.0 Å². The number of hydrogen-bond donors (Lipinski definition) is 1. The van der Waals surface area contributed by atoms with Crippen LogP contribution >= 0.6 is 0 Å². The van der Waals surface area contributed by atoms with Crippen LogP contribution in [0.2, 0.25) is 0 Å². The summed E-state index contributed by atoms with van der Waals surface area (Å²) in [6.07, 6.45) is 4.51. The summed E-state index contributed by atoms with van der Waals surface area (Å²) in [5.74, 6) is 1.96. The van der Waals surface area contributed by atoms with E-state index in [-0.39, 0.29) is 13.1 Å². The summed E-state index contributed by atoms with van der Waals surface area (Å²) in [7, 11) is 0. The maximum absolute atomic E-state index is 14.8. The quantitative estimate of drug-likeness (QED) is 0.531. The minimum atomic E-state index is -1.22. The van der Waals surface area contributed by atoms with E-state index in [0.717, 1.165) is 22.8 Å². The van der Waals surface area contributed by atoms with Crippen LogP contribution in [0.3, 0.4) is 0 Å². The Morgan fingerprint density at radius 3 is 2.77 bits per heavy atom. The van der Waals surface area contributed by atoms with E-state index in [1.165, 1.54) is 23.3 Å². The van der Waals surface area contributed by atoms with Crippen molar-refractivity contribution in [2.45, 2.75) is 64.3 Å². The molecule has 4 heterocycles. The van der Waals surface area contributed by atoms with Crippen LogP contribution < -0.4 is 10.1 Å². The number of ether oxygens (including phenoxy) is 2. The second-order valence-electron chi connectivity index (χ2n) is 10.2. The zero-order valence-corrected chi connectivity index (χ0v) is 20.6. The number of carbonyl (C=O) groups excluding carboxylic acids is 1. The molecule has 0 bridgehead atoms. The fourth-order valence-electron chi connectivity index (χ4n) is 4.42.